The van der Waals surface area contributed by atoms with Gasteiger partial charge >= 0.3 is 0 Å². The Hall–Kier alpha value is -2.61. The van der Waals surface area contributed by atoms with Gasteiger partial charge in [0.2, 0.25) is 15.7 Å². The molecule has 4 rings (SSSR count). The van der Waals surface area contributed by atoms with E-state index in [0.717, 1.165) is 28.8 Å². The van der Waals surface area contributed by atoms with Gasteiger partial charge in [0.15, 0.2) is 9.91 Å². The van der Waals surface area contributed by atoms with E-state index in [2.05, 4.69) is 5.10 Å². The van der Waals surface area contributed by atoms with Crippen LogP contribution in [0.4, 0.5) is 8.78 Å². The fourth-order valence-electron chi connectivity index (χ4n) is 3.96. The molecule has 0 N–H and O–H groups in total. The summed E-state index contributed by atoms with van der Waals surface area (Å²) in [7, 11) is -4.30. The molecule has 140 valence electrons. The van der Waals surface area contributed by atoms with Gasteiger partial charge in [0.05, 0.1) is 5.56 Å². The van der Waals surface area contributed by atoms with Crippen LogP contribution in [-0.4, -0.2) is 24.4 Å². The highest BCUT2D eigenvalue weighted by Crippen LogP contribution is 2.49. The van der Waals surface area contributed by atoms with Gasteiger partial charge in [0.1, 0.15) is 11.6 Å². The van der Waals surface area contributed by atoms with E-state index in [1.165, 1.54) is 6.92 Å². The quantitative estimate of drug-likeness (QED) is 0.752. The molecule has 2 aromatic rings. The molecule has 1 unspecified atom stereocenters. The summed E-state index contributed by atoms with van der Waals surface area (Å²) in [5.74, 6) is -2.28. The zero-order valence-corrected chi connectivity index (χ0v) is 15.3. The molecule has 0 bridgehead atoms. The number of benzene rings is 2. The largest absolute Gasteiger partial charge is 0.273 e. The molecular formula is C19H16F2N2O3S. The minimum atomic E-state index is -4.30. The smallest absolute Gasteiger partial charge is 0.241 e. The lowest BCUT2D eigenvalue weighted by Crippen LogP contribution is -2.50. The maximum absolute atomic E-state index is 14.3. The molecule has 1 amide bonds. The van der Waals surface area contributed by atoms with E-state index in [-0.39, 0.29) is 6.42 Å². The lowest BCUT2D eigenvalue weighted by Gasteiger charge is -2.39. The summed E-state index contributed by atoms with van der Waals surface area (Å²) in [4.78, 5) is 10.6. The Morgan fingerprint density at radius 1 is 1.19 bits per heavy atom. The highest BCUT2D eigenvalue weighted by Gasteiger charge is 2.60. The number of amides is 1. The maximum atomic E-state index is 14.3. The molecule has 1 spiro atoms. The van der Waals surface area contributed by atoms with Gasteiger partial charge in [-0.1, -0.05) is 24.3 Å². The lowest BCUT2D eigenvalue weighted by molar-refractivity contribution is -0.132. The summed E-state index contributed by atoms with van der Waals surface area (Å²) >= 11 is 0. The molecule has 2 aliphatic rings. The second-order valence-corrected chi connectivity index (χ2v) is 8.73. The van der Waals surface area contributed by atoms with Gasteiger partial charge in [-0.05, 0) is 48.6 Å². The van der Waals surface area contributed by atoms with Crippen molar-refractivity contribution in [1.29, 1.82) is 0 Å². The van der Waals surface area contributed by atoms with Crippen LogP contribution in [-0.2, 0) is 25.9 Å². The molecule has 0 fully saturated rings. The molecule has 1 aliphatic heterocycles. The van der Waals surface area contributed by atoms with Crippen LogP contribution < -0.4 is 0 Å². The van der Waals surface area contributed by atoms with Crippen LogP contribution in [0.1, 0.15) is 36.5 Å². The monoisotopic (exact) mass is 390 g/mol. The number of hydrogen-bond donors (Lipinski definition) is 0. The molecule has 0 radical (unpaired) electrons. The number of halogens is 2. The molecule has 1 heterocycles. The average Bonchev–Trinajstić information content (AvgIpc) is 2.86. The Kier molecular flexibility index (Phi) is 3.92. The van der Waals surface area contributed by atoms with Crippen LogP contribution in [0, 0.1) is 11.6 Å². The molecule has 0 aromatic heterocycles. The summed E-state index contributed by atoms with van der Waals surface area (Å²) in [5.41, 5.74) is 0.790. The van der Waals surface area contributed by atoms with Gasteiger partial charge in [-0.25, -0.2) is 22.2 Å². The number of aryl methyl sites for hydroxylation is 1. The van der Waals surface area contributed by atoms with Crippen molar-refractivity contribution >= 4 is 20.8 Å². The first-order chi connectivity index (χ1) is 12.8. The van der Waals surface area contributed by atoms with Crippen molar-refractivity contribution in [3.05, 3.63) is 70.8 Å². The van der Waals surface area contributed by atoms with E-state index in [0.29, 0.717) is 18.4 Å². The Morgan fingerprint density at radius 3 is 2.67 bits per heavy atom. The summed E-state index contributed by atoms with van der Waals surface area (Å²) in [5, 5.41) is 4.29. The highest BCUT2D eigenvalue weighted by molar-refractivity contribution is 8.08. The van der Waals surface area contributed by atoms with Crippen molar-refractivity contribution in [3.8, 4) is 0 Å². The second kappa shape index (κ2) is 5.95. The van der Waals surface area contributed by atoms with E-state index >= 15 is 0 Å². The summed E-state index contributed by atoms with van der Waals surface area (Å²) in [6, 6.07) is 9.49. The van der Waals surface area contributed by atoms with Crippen molar-refractivity contribution in [3.63, 3.8) is 0 Å². The first-order valence-corrected chi connectivity index (χ1v) is 9.95. The number of nitrogens with zero attached hydrogens (tertiary/aromatic N) is 2. The van der Waals surface area contributed by atoms with Crippen molar-refractivity contribution in [2.75, 3.05) is 0 Å². The molecule has 0 saturated heterocycles. The van der Waals surface area contributed by atoms with Gasteiger partial charge in [0.25, 0.3) is 0 Å². The number of hydrazone groups is 1. The fourth-order valence-corrected chi connectivity index (χ4v) is 6.21. The van der Waals surface area contributed by atoms with E-state index in [1.807, 2.05) is 6.07 Å². The molecule has 1 aliphatic carbocycles. The second-order valence-electron chi connectivity index (χ2n) is 6.66. The summed E-state index contributed by atoms with van der Waals surface area (Å²) in [6.45, 7) is 1.21. The zero-order chi connectivity index (χ0) is 19.4. The zero-order valence-electron chi connectivity index (χ0n) is 14.4. The van der Waals surface area contributed by atoms with Crippen LogP contribution in [0.25, 0.3) is 0 Å². The lowest BCUT2D eigenvalue weighted by atomic mass is 9.86. The average molecular weight is 390 g/mol. The number of rotatable bonds is 1. The van der Waals surface area contributed by atoms with Crippen LogP contribution in [0.15, 0.2) is 47.6 Å². The predicted molar refractivity (Wildman–Crippen MR) is 95.4 cm³/mol. The first kappa shape index (κ1) is 17.8. The van der Waals surface area contributed by atoms with Gasteiger partial charge in [-0.3, -0.25) is 4.79 Å². The SMILES string of the molecule is CC(=O)N1N=C(c2cc(F)ccc2F)S(=O)(=O)C12CCCc1ccccc12. The van der Waals surface area contributed by atoms with E-state index in [1.54, 1.807) is 18.2 Å². The number of hydrogen-bond acceptors (Lipinski definition) is 4. The number of carbonyl (C=O) groups excluding carboxylic acids is 1. The molecule has 1 atom stereocenters. The van der Waals surface area contributed by atoms with E-state index < -0.39 is 42.9 Å². The Bertz CT molecular complexity index is 1100. The van der Waals surface area contributed by atoms with E-state index in [9.17, 15) is 22.0 Å². The molecular weight excluding hydrogens is 374 g/mol. The molecule has 0 saturated carbocycles. The van der Waals surface area contributed by atoms with Crippen LogP contribution in [0.2, 0.25) is 0 Å². The van der Waals surface area contributed by atoms with Gasteiger partial charge in [-0.15, -0.1) is 0 Å². The molecule has 27 heavy (non-hydrogen) atoms. The summed E-state index contributed by atoms with van der Waals surface area (Å²) < 4.78 is 55.2. The predicted octanol–water partition coefficient (Wildman–Crippen LogP) is 3.09. The van der Waals surface area contributed by atoms with Crippen molar-refractivity contribution in [1.82, 2.24) is 5.01 Å². The van der Waals surface area contributed by atoms with Crippen molar-refractivity contribution in [2.45, 2.75) is 31.1 Å². The molecule has 8 heteroatoms. The number of carbonyl (C=O) groups is 1. The van der Waals surface area contributed by atoms with Crippen molar-refractivity contribution in [2.24, 2.45) is 5.10 Å². The van der Waals surface area contributed by atoms with Crippen LogP contribution >= 0.6 is 0 Å². The Labute approximate surface area is 155 Å². The topological polar surface area (TPSA) is 66.8 Å². The van der Waals surface area contributed by atoms with E-state index in [4.69, 9.17) is 0 Å². The Morgan fingerprint density at radius 2 is 1.93 bits per heavy atom. The minimum Gasteiger partial charge on any atom is -0.273 e. The number of fused-ring (bicyclic) bond motifs is 2. The highest BCUT2D eigenvalue weighted by atomic mass is 32.2. The standard InChI is InChI=1S/C19H16F2N2O3S/c1-12(24)23-19(10-4-6-13-5-2-3-7-16(13)19)27(25,26)18(22-23)15-11-14(20)8-9-17(15)21/h2-3,5,7-9,11H,4,6,10H2,1H3. The van der Waals surface area contributed by atoms with Crippen molar-refractivity contribution < 1.29 is 22.0 Å². The minimum absolute atomic E-state index is 0.135. The van der Waals surface area contributed by atoms with Gasteiger partial charge in [0, 0.05) is 6.92 Å². The first-order valence-electron chi connectivity index (χ1n) is 8.47. The Balaban J connectivity index is 2.02. The normalized spacial score (nSPS) is 23.2. The third-order valence-corrected chi connectivity index (χ3v) is 7.39. The molecule has 2 aromatic carbocycles. The molecule has 5 nitrogen and oxygen atoms in total. The van der Waals surface area contributed by atoms with Crippen LogP contribution in [0.5, 0.6) is 0 Å². The van der Waals surface area contributed by atoms with Crippen LogP contribution in [0.3, 0.4) is 0 Å². The van der Waals surface area contributed by atoms with Gasteiger partial charge in [-0.2, -0.15) is 5.10 Å². The fraction of sp³-hybridized carbons (Fsp3) is 0.263. The van der Waals surface area contributed by atoms with Gasteiger partial charge < -0.3 is 0 Å². The third kappa shape index (κ3) is 2.36. The third-order valence-electron chi connectivity index (χ3n) is 5.09. The maximum Gasteiger partial charge on any atom is 0.241 e. The number of sulfone groups is 1. The summed E-state index contributed by atoms with van der Waals surface area (Å²) in [6.07, 6.45) is 1.33.